The number of morpholine rings is 1. The van der Waals surface area contributed by atoms with Gasteiger partial charge in [-0.05, 0) is 31.4 Å². The Morgan fingerprint density at radius 1 is 1.28 bits per heavy atom. The number of carbonyl (C=O) groups excluding carboxylic acids is 1. The third-order valence-electron chi connectivity index (χ3n) is 5.23. The van der Waals surface area contributed by atoms with Crippen molar-refractivity contribution in [3.05, 3.63) is 24.5 Å². The van der Waals surface area contributed by atoms with Gasteiger partial charge in [0.1, 0.15) is 11.3 Å². The molecule has 1 aliphatic heterocycles. The van der Waals surface area contributed by atoms with Gasteiger partial charge in [-0.25, -0.2) is 0 Å². The molecule has 3 rings (SSSR count). The van der Waals surface area contributed by atoms with Gasteiger partial charge in [-0.3, -0.25) is 14.7 Å². The molecule has 6 nitrogen and oxygen atoms in total. The summed E-state index contributed by atoms with van der Waals surface area (Å²) in [6.45, 7) is 4.40. The van der Waals surface area contributed by atoms with Crippen molar-refractivity contribution in [2.75, 3.05) is 39.5 Å². The van der Waals surface area contributed by atoms with Crippen molar-refractivity contribution in [2.24, 2.45) is 0 Å². The molecule has 138 valence electrons. The van der Waals surface area contributed by atoms with Crippen LogP contribution in [0, 0.1) is 0 Å². The second kappa shape index (κ2) is 9.15. The van der Waals surface area contributed by atoms with Crippen LogP contribution in [0.3, 0.4) is 0 Å². The SMILES string of the molecule is O=C(NCCCOc1cccnc1)C1(N2CCOCC2)CCCCC1. The number of ether oxygens (including phenoxy) is 2. The van der Waals surface area contributed by atoms with Gasteiger partial charge in [0.05, 0.1) is 26.0 Å². The molecule has 0 aromatic carbocycles. The molecule has 2 heterocycles. The largest absolute Gasteiger partial charge is 0.492 e. The zero-order valence-corrected chi connectivity index (χ0v) is 14.9. The Morgan fingerprint density at radius 2 is 2.08 bits per heavy atom. The predicted molar refractivity (Wildman–Crippen MR) is 95.6 cm³/mol. The van der Waals surface area contributed by atoms with Crippen molar-refractivity contribution in [3.63, 3.8) is 0 Å². The minimum Gasteiger partial charge on any atom is -0.492 e. The maximum absolute atomic E-state index is 13.0. The molecule has 1 aliphatic carbocycles. The van der Waals surface area contributed by atoms with E-state index < -0.39 is 0 Å². The van der Waals surface area contributed by atoms with Crippen molar-refractivity contribution in [2.45, 2.75) is 44.1 Å². The van der Waals surface area contributed by atoms with Crippen LogP contribution >= 0.6 is 0 Å². The average molecular weight is 347 g/mol. The average Bonchev–Trinajstić information content (AvgIpc) is 2.69. The first kappa shape index (κ1) is 18.1. The fourth-order valence-corrected chi connectivity index (χ4v) is 3.88. The van der Waals surface area contributed by atoms with E-state index in [2.05, 4.69) is 15.2 Å². The molecule has 25 heavy (non-hydrogen) atoms. The molecule has 0 radical (unpaired) electrons. The number of hydrogen-bond acceptors (Lipinski definition) is 5. The van der Waals surface area contributed by atoms with Gasteiger partial charge in [-0.15, -0.1) is 0 Å². The second-order valence-electron chi connectivity index (χ2n) is 6.84. The molecular weight excluding hydrogens is 318 g/mol. The van der Waals surface area contributed by atoms with E-state index in [0.717, 1.165) is 64.2 Å². The fraction of sp³-hybridized carbons (Fsp3) is 0.684. The van der Waals surface area contributed by atoms with E-state index in [1.807, 2.05) is 12.1 Å². The van der Waals surface area contributed by atoms with E-state index >= 15 is 0 Å². The summed E-state index contributed by atoms with van der Waals surface area (Å²) in [7, 11) is 0. The van der Waals surface area contributed by atoms with Crippen LogP contribution in [0.4, 0.5) is 0 Å². The number of nitrogens with one attached hydrogen (secondary N) is 1. The molecule has 1 amide bonds. The first-order chi connectivity index (χ1) is 12.3. The number of nitrogens with zero attached hydrogens (tertiary/aromatic N) is 2. The standard InChI is InChI=1S/C19H29N3O3/c23-18(21-10-5-13-25-17-6-4-9-20-16-17)19(7-2-1-3-8-19)22-11-14-24-15-12-22/h4,6,9,16H,1-3,5,7-8,10-15H2,(H,21,23). The fourth-order valence-electron chi connectivity index (χ4n) is 3.88. The van der Waals surface area contributed by atoms with Crippen LogP contribution in [-0.4, -0.2) is 60.8 Å². The quantitative estimate of drug-likeness (QED) is 0.765. The van der Waals surface area contributed by atoms with Crippen molar-refractivity contribution >= 4 is 5.91 Å². The molecule has 2 aliphatic rings. The number of amides is 1. The smallest absolute Gasteiger partial charge is 0.240 e. The molecule has 1 aromatic rings. The Hall–Kier alpha value is -1.66. The van der Waals surface area contributed by atoms with Gasteiger partial charge in [-0.2, -0.15) is 0 Å². The van der Waals surface area contributed by atoms with Crippen LogP contribution < -0.4 is 10.1 Å². The number of carbonyl (C=O) groups is 1. The van der Waals surface area contributed by atoms with Gasteiger partial charge in [-0.1, -0.05) is 19.3 Å². The van der Waals surface area contributed by atoms with Crippen LogP contribution in [0.2, 0.25) is 0 Å². The predicted octanol–water partition coefficient (Wildman–Crippen LogP) is 2.00. The highest BCUT2D eigenvalue weighted by Crippen LogP contribution is 2.34. The minimum atomic E-state index is -0.327. The summed E-state index contributed by atoms with van der Waals surface area (Å²) < 4.78 is 11.1. The molecule has 1 N–H and O–H groups in total. The summed E-state index contributed by atoms with van der Waals surface area (Å²) in [5, 5.41) is 3.16. The van der Waals surface area contributed by atoms with Gasteiger partial charge in [0, 0.05) is 25.8 Å². The highest BCUT2D eigenvalue weighted by Gasteiger charge is 2.44. The van der Waals surface area contributed by atoms with E-state index in [4.69, 9.17) is 9.47 Å². The Balaban J connectivity index is 1.47. The van der Waals surface area contributed by atoms with Crippen LogP contribution in [0.25, 0.3) is 0 Å². The molecule has 0 atom stereocenters. The Morgan fingerprint density at radius 3 is 2.80 bits per heavy atom. The summed E-state index contributed by atoms with van der Waals surface area (Å²) in [4.78, 5) is 19.4. The molecule has 1 saturated carbocycles. The molecule has 2 fully saturated rings. The topological polar surface area (TPSA) is 63.7 Å². The number of rotatable bonds is 7. The highest BCUT2D eigenvalue weighted by molar-refractivity contribution is 5.86. The lowest BCUT2D eigenvalue weighted by atomic mass is 9.79. The first-order valence-electron chi connectivity index (χ1n) is 9.45. The minimum absolute atomic E-state index is 0.190. The lowest BCUT2D eigenvalue weighted by Crippen LogP contribution is -2.62. The monoisotopic (exact) mass is 347 g/mol. The number of pyridine rings is 1. The zero-order valence-electron chi connectivity index (χ0n) is 14.9. The van der Waals surface area contributed by atoms with E-state index in [-0.39, 0.29) is 11.4 Å². The van der Waals surface area contributed by atoms with Gasteiger partial charge < -0.3 is 14.8 Å². The molecular formula is C19H29N3O3. The van der Waals surface area contributed by atoms with Crippen LogP contribution in [0.1, 0.15) is 38.5 Å². The summed E-state index contributed by atoms with van der Waals surface area (Å²) in [6, 6.07) is 3.74. The maximum atomic E-state index is 13.0. The summed E-state index contributed by atoms with van der Waals surface area (Å²) in [6.07, 6.45) is 9.65. The number of hydrogen-bond donors (Lipinski definition) is 1. The van der Waals surface area contributed by atoms with Crippen LogP contribution in [0.15, 0.2) is 24.5 Å². The third kappa shape index (κ3) is 4.70. The van der Waals surface area contributed by atoms with Gasteiger partial charge in [0.25, 0.3) is 0 Å². The van der Waals surface area contributed by atoms with E-state index in [1.54, 1.807) is 12.4 Å². The van der Waals surface area contributed by atoms with Crippen molar-refractivity contribution in [1.29, 1.82) is 0 Å². The van der Waals surface area contributed by atoms with E-state index in [0.29, 0.717) is 13.2 Å². The molecule has 1 saturated heterocycles. The van der Waals surface area contributed by atoms with E-state index in [1.165, 1.54) is 6.42 Å². The lowest BCUT2D eigenvalue weighted by Gasteiger charge is -2.46. The van der Waals surface area contributed by atoms with Crippen LogP contribution in [-0.2, 0) is 9.53 Å². The number of aromatic nitrogens is 1. The van der Waals surface area contributed by atoms with Crippen LogP contribution in [0.5, 0.6) is 5.75 Å². The normalized spacial score (nSPS) is 20.8. The molecule has 1 aromatic heterocycles. The Kier molecular flexibility index (Phi) is 6.64. The van der Waals surface area contributed by atoms with E-state index in [9.17, 15) is 4.79 Å². The van der Waals surface area contributed by atoms with Crippen molar-refractivity contribution < 1.29 is 14.3 Å². The highest BCUT2D eigenvalue weighted by atomic mass is 16.5. The molecule has 0 bridgehead atoms. The Labute approximate surface area is 149 Å². The Bertz CT molecular complexity index is 526. The van der Waals surface area contributed by atoms with Gasteiger partial charge in [0.15, 0.2) is 0 Å². The maximum Gasteiger partial charge on any atom is 0.240 e. The molecule has 0 unspecified atom stereocenters. The third-order valence-corrected chi connectivity index (χ3v) is 5.23. The molecule has 6 heteroatoms. The van der Waals surface area contributed by atoms with Gasteiger partial charge in [0.2, 0.25) is 5.91 Å². The summed E-state index contributed by atoms with van der Waals surface area (Å²) >= 11 is 0. The zero-order chi connectivity index (χ0) is 17.4. The molecule has 0 spiro atoms. The van der Waals surface area contributed by atoms with Gasteiger partial charge >= 0.3 is 0 Å². The second-order valence-corrected chi connectivity index (χ2v) is 6.84. The first-order valence-corrected chi connectivity index (χ1v) is 9.45. The summed E-state index contributed by atoms with van der Waals surface area (Å²) in [5.41, 5.74) is -0.327. The van der Waals surface area contributed by atoms with Crippen molar-refractivity contribution in [1.82, 2.24) is 15.2 Å². The lowest BCUT2D eigenvalue weighted by molar-refractivity contribution is -0.140. The van der Waals surface area contributed by atoms with Crippen molar-refractivity contribution in [3.8, 4) is 5.75 Å². The summed E-state index contributed by atoms with van der Waals surface area (Å²) in [5.74, 6) is 0.960.